The third-order valence-electron chi connectivity index (χ3n) is 2.89. The Balaban J connectivity index is 1.96. The number of carbonyl (C=O) groups is 1. The van der Waals surface area contributed by atoms with Crippen LogP contribution < -0.4 is 5.32 Å². The molecule has 1 unspecified atom stereocenters. The van der Waals surface area contributed by atoms with Crippen molar-refractivity contribution >= 4 is 17.6 Å². The molecule has 1 aliphatic heterocycles. The van der Waals surface area contributed by atoms with Gasteiger partial charge in [0, 0.05) is 13.0 Å². The van der Waals surface area contributed by atoms with E-state index in [2.05, 4.69) is 5.32 Å². The summed E-state index contributed by atoms with van der Waals surface area (Å²) in [5.74, 6) is -0.685. The Kier molecular flexibility index (Phi) is 3.59. The minimum Gasteiger partial charge on any atom is -0.458 e. The Hall–Kier alpha value is -1.13. The maximum absolute atomic E-state index is 13.0. The van der Waals surface area contributed by atoms with Crippen molar-refractivity contribution in [3.63, 3.8) is 0 Å². The number of benzene rings is 1. The largest absolute Gasteiger partial charge is 0.458 e. The smallest absolute Gasteiger partial charge is 0.323 e. The average molecular weight is 272 g/mol. The van der Waals surface area contributed by atoms with Gasteiger partial charge in [-0.2, -0.15) is 0 Å². The molecule has 1 saturated heterocycles. The molecule has 0 bridgehead atoms. The van der Waals surface area contributed by atoms with E-state index in [-0.39, 0.29) is 17.0 Å². The van der Waals surface area contributed by atoms with E-state index in [1.165, 1.54) is 6.07 Å². The van der Waals surface area contributed by atoms with Gasteiger partial charge >= 0.3 is 5.97 Å². The fourth-order valence-corrected chi connectivity index (χ4v) is 2.21. The summed E-state index contributed by atoms with van der Waals surface area (Å²) in [6.07, 6.45) is 0.626. The Labute approximate surface area is 110 Å². The van der Waals surface area contributed by atoms with E-state index in [1.807, 2.05) is 13.8 Å². The number of carbonyl (C=O) groups excluding carboxylic acids is 1. The van der Waals surface area contributed by atoms with E-state index in [1.54, 1.807) is 12.1 Å². The van der Waals surface area contributed by atoms with Crippen molar-refractivity contribution in [1.82, 2.24) is 5.32 Å². The molecule has 1 aromatic carbocycles. The van der Waals surface area contributed by atoms with Gasteiger partial charge in [-0.25, -0.2) is 4.39 Å². The molecule has 1 aromatic rings. The van der Waals surface area contributed by atoms with Crippen LogP contribution in [0, 0.1) is 5.82 Å². The second-order valence-corrected chi connectivity index (χ2v) is 5.47. The lowest BCUT2D eigenvalue weighted by Crippen LogP contribution is -2.32. The fourth-order valence-electron chi connectivity index (χ4n) is 2.01. The third-order valence-corrected chi connectivity index (χ3v) is 3.18. The van der Waals surface area contributed by atoms with E-state index < -0.39 is 11.4 Å². The third kappa shape index (κ3) is 3.00. The Morgan fingerprint density at radius 1 is 1.56 bits per heavy atom. The van der Waals surface area contributed by atoms with E-state index in [0.717, 1.165) is 5.56 Å². The number of hydrogen-bond donors (Lipinski definition) is 1. The zero-order valence-corrected chi connectivity index (χ0v) is 11.1. The van der Waals surface area contributed by atoms with E-state index in [9.17, 15) is 9.18 Å². The topological polar surface area (TPSA) is 38.3 Å². The van der Waals surface area contributed by atoms with Crippen molar-refractivity contribution in [2.75, 3.05) is 0 Å². The highest BCUT2D eigenvalue weighted by Crippen LogP contribution is 2.26. The van der Waals surface area contributed by atoms with Crippen LogP contribution >= 0.6 is 11.6 Å². The Bertz CT molecular complexity index is 476. The molecule has 0 spiro atoms. The zero-order chi connectivity index (χ0) is 13.3. The molecule has 3 nitrogen and oxygen atoms in total. The van der Waals surface area contributed by atoms with Crippen molar-refractivity contribution in [3.05, 3.63) is 34.6 Å². The van der Waals surface area contributed by atoms with Crippen LogP contribution in [0.1, 0.15) is 25.8 Å². The van der Waals surface area contributed by atoms with Gasteiger partial charge in [-0.3, -0.25) is 4.79 Å². The molecular weight excluding hydrogens is 257 g/mol. The quantitative estimate of drug-likeness (QED) is 0.859. The molecule has 2 rings (SSSR count). The molecule has 1 heterocycles. The predicted molar refractivity (Wildman–Crippen MR) is 66.8 cm³/mol. The molecule has 0 aromatic heterocycles. The molecule has 0 aliphatic carbocycles. The number of ether oxygens (including phenoxy) is 1. The summed E-state index contributed by atoms with van der Waals surface area (Å²) in [7, 11) is 0. The molecule has 1 N–H and O–H groups in total. The van der Waals surface area contributed by atoms with E-state index in [4.69, 9.17) is 16.3 Å². The summed E-state index contributed by atoms with van der Waals surface area (Å²) in [5, 5.41) is 3.18. The van der Waals surface area contributed by atoms with Gasteiger partial charge in [0.15, 0.2) is 0 Å². The summed E-state index contributed by atoms with van der Waals surface area (Å²) >= 11 is 5.69. The molecule has 98 valence electrons. The lowest BCUT2D eigenvalue weighted by atomic mass is 10.0. The summed E-state index contributed by atoms with van der Waals surface area (Å²) in [6, 6.07) is 4.19. The average Bonchev–Trinajstić information content (AvgIpc) is 2.53. The summed E-state index contributed by atoms with van der Waals surface area (Å²) in [6.45, 7) is 4.21. The first-order valence-corrected chi connectivity index (χ1v) is 6.15. The normalized spacial score (nSPS) is 22.0. The SMILES string of the molecule is CC1(C)CC(NCc2ccc(F)c(Cl)c2)C(=O)O1. The molecule has 0 saturated carbocycles. The maximum Gasteiger partial charge on any atom is 0.323 e. The van der Waals surface area contributed by atoms with Gasteiger partial charge in [-0.05, 0) is 31.5 Å². The number of rotatable bonds is 3. The van der Waals surface area contributed by atoms with Gasteiger partial charge in [0.1, 0.15) is 17.5 Å². The van der Waals surface area contributed by atoms with Crippen molar-refractivity contribution in [1.29, 1.82) is 0 Å². The molecule has 0 radical (unpaired) electrons. The van der Waals surface area contributed by atoms with Gasteiger partial charge in [0.05, 0.1) is 5.02 Å². The number of nitrogens with one attached hydrogen (secondary N) is 1. The highest BCUT2D eigenvalue weighted by molar-refractivity contribution is 6.30. The van der Waals surface area contributed by atoms with Crippen LogP contribution in [0.5, 0.6) is 0 Å². The van der Waals surface area contributed by atoms with Crippen LogP contribution in [0.2, 0.25) is 5.02 Å². The van der Waals surface area contributed by atoms with Crippen molar-refractivity contribution < 1.29 is 13.9 Å². The van der Waals surface area contributed by atoms with Gasteiger partial charge in [0.25, 0.3) is 0 Å². The first kappa shape index (κ1) is 13.3. The minimum atomic E-state index is -0.443. The summed E-state index contributed by atoms with van der Waals surface area (Å²) < 4.78 is 18.2. The molecular formula is C13H15ClFNO2. The number of hydrogen-bond acceptors (Lipinski definition) is 3. The lowest BCUT2D eigenvalue weighted by molar-refractivity contribution is -0.147. The zero-order valence-electron chi connectivity index (χ0n) is 10.3. The highest BCUT2D eigenvalue weighted by atomic mass is 35.5. The number of esters is 1. The van der Waals surface area contributed by atoms with Crippen LogP contribution in [0.4, 0.5) is 4.39 Å². The highest BCUT2D eigenvalue weighted by Gasteiger charge is 2.39. The Morgan fingerprint density at radius 3 is 2.83 bits per heavy atom. The molecule has 1 fully saturated rings. The summed E-state index contributed by atoms with van der Waals surface area (Å²) in [4.78, 5) is 11.6. The van der Waals surface area contributed by atoms with Crippen LogP contribution in [-0.4, -0.2) is 17.6 Å². The first-order chi connectivity index (χ1) is 8.37. The second-order valence-electron chi connectivity index (χ2n) is 5.07. The summed E-state index contributed by atoms with van der Waals surface area (Å²) in [5.41, 5.74) is 0.411. The van der Waals surface area contributed by atoms with E-state index in [0.29, 0.717) is 13.0 Å². The van der Waals surface area contributed by atoms with Crippen LogP contribution in [-0.2, 0) is 16.1 Å². The maximum atomic E-state index is 13.0. The fraction of sp³-hybridized carbons (Fsp3) is 0.462. The Morgan fingerprint density at radius 2 is 2.28 bits per heavy atom. The predicted octanol–water partition coefficient (Wildman–Crippen LogP) is 2.66. The molecule has 18 heavy (non-hydrogen) atoms. The van der Waals surface area contributed by atoms with Gasteiger partial charge in [0.2, 0.25) is 0 Å². The van der Waals surface area contributed by atoms with Crippen LogP contribution in [0.15, 0.2) is 18.2 Å². The minimum absolute atomic E-state index is 0.0867. The van der Waals surface area contributed by atoms with Gasteiger partial charge in [-0.15, -0.1) is 0 Å². The second kappa shape index (κ2) is 4.86. The molecule has 0 amide bonds. The lowest BCUT2D eigenvalue weighted by Gasteiger charge is -2.14. The number of halogens is 2. The van der Waals surface area contributed by atoms with Gasteiger partial charge in [-0.1, -0.05) is 17.7 Å². The van der Waals surface area contributed by atoms with Crippen molar-refractivity contribution in [2.45, 2.75) is 38.5 Å². The van der Waals surface area contributed by atoms with Crippen LogP contribution in [0.3, 0.4) is 0 Å². The van der Waals surface area contributed by atoms with Crippen molar-refractivity contribution in [3.8, 4) is 0 Å². The standard InChI is InChI=1S/C13H15ClFNO2/c1-13(2)6-11(12(17)18-13)16-7-8-3-4-10(15)9(14)5-8/h3-5,11,16H,6-7H2,1-2H3. The molecule has 1 atom stereocenters. The molecule has 1 aliphatic rings. The van der Waals surface area contributed by atoms with Gasteiger partial charge < -0.3 is 10.1 Å². The van der Waals surface area contributed by atoms with Crippen LogP contribution in [0.25, 0.3) is 0 Å². The number of cyclic esters (lactones) is 1. The monoisotopic (exact) mass is 271 g/mol. The van der Waals surface area contributed by atoms with E-state index >= 15 is 0 Å². The molecule has 5 heteroatoms. The van der Waals surface area contributed by atoms with Crippen molar-refractivity contribution in [2.24, 2.45) is 0 Å². The first-order valence-electron chi connectivity index (χ1n) is 5.77.